The van der Waals surface area contributed by atoms with E-state index in [1.54, 1.807) is 0 Å². The Hall–Kier alpha value is -2.13. The molecule has 0 aliphatic carbocycles. The van der Waals surface area contributed by atoms with Crippen molar-refractivity contribution in [3.05, 3.63) is 24.3 Å². The largest absolute Gasteiger partial charge is 0.493 e. The molecule has 0 saturated heterocycles. The van der Waals surface area contributed by atoms with Crippen molar-refractivity contribution in [3.8, 4) is 17.2 Å². The Balaban J connectivity index is 1.99. The summed E-state index contributed by atoms with van der Waals surface area (Å²) >= 11 is 0. The summed E-state index contributed by atoms with van der Waals surface area (Å²) in [5.41, 5.74) is 0.718. The van der Waals surface area contributed by atoms with Crippen molar-refractivity contribution in [3.63, 3.8) is 0 Å². The van der Waals surface area contributed by atoms with Crippen LogP contribution in [0.4, 0.5) is 6.01 Å². The van der Waals surface area contributed by atoms with Crippen molar-refractivity contribution in [1.29, 1.82) is 0 Å². The Morgan fingerprint density at radius 2 is 2.00 bits per heavy atom. The van der Waals surface area contributed by atoms with Crippen LogP contribution < -0.4 is 14.8 Å². The van der Waals surface area contributed by atoms with Gasteiger partial charge in [0.25, 0.3) is 5.89 Å². The zero-order valence-corrected chi connectivity index (χ0v) is 13.9. The van der Waals surface area contributed by atoms with E-state index in [0.29, 0.717) is 24.8 Å². The predicted octanol–water partition coefficient (Wildman–Crippen LogP) is 1.49. The molecule has 0 radical (unpaired) electrons. The first-order valence-electron chi connectivity index (χ1n) is 7.24. The SMILES string of the molecule is CCCOc1ccccc1-c1nnc(NCCNS(C)(=O)=O)o1. The van der Waals surface area contributed by atoms with Gasteiger partial charge in [-0.15, -0.1) is 5.10 Å². The lowest BCUT2D eigenvalue weighted by atomic mass is 10.2. The molecule has 2 aromatic rings. The summed E-state index contributed by atoms with van der Waals surface area (Å²) < 4.78 is 35.5. The highest BCUT2D eigenvalue weighted by Crippen LogP contribution is 2.29. The molecule has 2 N–H and O–H groups in total. The number of ether oxygens (including phenoxy) is 1. The second-order valence-electron chi connectivity index (χ2n) is 4.85. The van der Waals surface area contributed by atoms with Gasteiger partial charge in [-0.1, -0.05) is 24.2 Å². The number of para-hydroxylation sites is 1. The smallest absolute Gasteiger partial charge is 0.315 e. The number of aromatic nitrogens is 2. The van der Waals surface area contributed by atoms with Crippen LogP contribution in [0.5, 0.6) is 5.75 Å². The molecule has 0 aliphatic rings. The Morgan fingerprint density at radius 1 is 1.22 bits per heavy atom. The first-order chi connectivity index (χ1) is 11.0. The fourth-order valence-corrected chi connectivity index (χ4v) is 2.26. The third kappa shape index (κ3) is 5.53. The van der Waals surface area contributed by atoms with E-state index in [4.69, 9.17) is 9.15 Å². The molecule has 0 bridgehead atoms. The van der Waals surface area contributed by atoms with Gasteiger partial charge in [-0.05, 0) is 18.6 Å². The molecular weight excluding hydrogens is 320 g/mol. The molecule has 0 spiro atoms. The molecule has 1 aromatic heterocycles. The fraction of sp³-hybridized carbons (Fsp3) is 0.429. The first-order valence-corrected chi connectivity index (χ1v) is 9.13. The van der Waals surface area contributed by atoms with Crippen molar-refractivity contribution in [2.24, 2.45) is 0 Å². The maximum atomic E-state index is 11.0. The highest BCUT2D eigenvalue weighted by molar-refractivity contribution is 7.88. The Labute approximate surface area is 135 Å². The second kappa shape index (κ2) is 7.93. The van der Waals surface area contributed by atoms with Gasteiger partial charge in [-0.3, -0.25) is 0 Å². The van der Waals surface area contributed by atoms with Crippen LogP contribution in [0.15, 0.2) is 28.7 Å². The molecule has 1 heterocycles. The van der Waals surface area contributed by atoms with Crippen LogP contribution in [0.3, 0.4) is 0 Å². The summed E-state index contributed by atoms with van der Waals surface area (Å²) in [5.74, 6) is 1.03. The van der Waals surface area contributed by atoms with E-state index in [2.05, 4.69) is 20.2 Å². The van der Waals surface area contributed by atoms with Crippen molar-refractivity contribution in [2.45, 2.75) is 13.3 Å². The minimum atomic E-state index is -3.20. The van der Waals surface area contributed by atoms with Gasteiger partial charge in [-0.2, -0.15) is 0 Å². The number of benzene rings is 1. The number of anilines is 1. The Morgan fingerprint density at radius 3 is 2.74 bits per heavy atom. The molecule has 9 heteroatoms. The summed E-state index contributed by atoms with van der Waals surface area (Å²) in [6.07, 6.45) is 2.00. The standard InChI is InChI=1S/C14H20N4O4S/c1-3-10-21-12-7-5-4-6-11(12)13-17-18-14(22-13)15-8-9-16-23(2,19)20/h4-7,16H,3,8-10H2,1-2H3,(H,15,18). The molecule has 0 saturated carbocycles. The van der Waals surface area contributed by atoms with Crippen molar-refractivity contribution < 1.29 is 17.6 Å². The third-order valence-corrected chi connectivity index (χ3v) is 3.50. The van der Waals surface area contributed by atoms with E-state index >= 15 is 0 Å². The van der Waals surface area contributed by atoms with Gasteiger partial charge in [0.15, 0.2) is 0 Å². The lowest BCUT2D eigenvalue weighted by Crippen LogP contribution is -2.27. The van der Waals surface area contributed by atoms with E-state index in [1.165, 1.54) is 0 Å². The molecule has 8 nitrogen and oxygen atoms in total. The highest BCUT2D eigenvalue weighted by Gasteiger charge is 2.13. The lowest BCUT2D eigenvalue weighted by Gasteiger charge is -2.07. The van der Waals surface area contributed by atoms with E-state index in [0.717, 1.165) is 18.2 Å². The number of nitrogens with one attached hydrogen (secondary N) is 2. The van der Waals surface area contributed by atoms with Crippen LogP contribution in [0.25, 0.3) is 11.5 Å². The van der Waals surface area contributed by atoms with Crippen LogP contribution in [0.1, 0.15) is 13.3 Å². The number of rotatable bonds is 9. The van der Waals surface area contributed by atoms with Gasteiger partial charge in [0.2, 0.25) is 10.0 Å². The molecule has 0 atom stereocenters. The van der Waals surface area contributed by atoms with Crippen LogP contribution in [-0.4, -0.2) is 44.6 Å². The molecule has 1 aromatic carbocycles. The first kappa shape index (κ1) is 17.2. The molecule has 0 aliphatic heterocycles. The van der Waals surface area contributed by atoms with Gasteiger partial charge < -0.3 is 14.5 Å². The van der Waals surface area contributed by atoms with E-state index in [1.807, 2.05) is 31.2 Å². The lowest BCUT2D eigenvalue weighted by molar-refractivity contribution is 0.318. The van der Waals surface area contributed by atoms with E-state index in [9.17, 15) is 8.42 Å². The number of hydrogen-bond donors (Lipinski definition) is 2. The molecule has 23 heavy (non-hydrogen) atoms. The summed E-state index contributed by atoms with van der Waals surface area (Å²) in [6, 6.07) is 7.65. The average Bonchev–Trinajstić information content (AvgIpc) is 2.97. The summed E-state index contributed by atoms with van der Waals surface area (Å²) in [5, 5.41) is 10.7. The zero-order chi connectivity index (χ0) is 16.7. The van der Waals surface area contributed by atoms with Crippen molar-refractivity contribution in [2.75, 3.05) is 31.3 Å². The van der Waals surface area contributed by atoms with Crippen LogP contribution in [0, 0.1) is 0 Å². The monoisotopic (exact) mass is 340 g/mol. The predicted molar refractivity (Wildman–Crippen MR) is 86.9 cm³/mol. The molecule has 2 rings (SSSR count). The van der Waals surface area contributed by atoms with Crippen molar-refractivity contribution >= 4 is 16.0 Å². The number of sulfonamides is 1. The van der Waals surface area contributed by atoms with E-state index < -0.39 is 10.0 Å². The van der Waals surface area contributed by atoms with Gasteiger partial charge in [-0.25, -0.2) is 13.1 Å². The van der Waals surface area contributed by atoms with Gasteiger partial charge in [0.1, 0.15) is 5.75 Å². The summed E-state index contributed by atoms with van der Waals surface area (Å²) in [6.45, 7) is 3.20. The number of hydrogen-bond acceptors (Lipinski definition) is 7. The zero-order valence-electron chi connectivity index (χ0n) is 13.1. The topological polar surface area (TPSA) is 106 Å². The Bertz CT molecular complexity index is 730. The molecule has 0 fully saturated rings. The molecule has 0 amide bonds. The second-order valence-corrected chi connectivity index (χ2v) is 6.68. The third-order valence-electron chi connectivity index (χ3n) is 2.77. The normalized spacial score (nSPS) is 11.4. The maximum Gasteiger partial charge on any atom is 0.315 e. The van der Waals surface area contributed by atoms with Crippen LogP contribution in [0.2, 0.25) is 0 Å². The minimum Gasteiger partial charge on any atom is -0.493 e. The van der Waals surface area contributed by atoms with Crippen LogP contribution in [-0.2, 0) is 10.0 Å². The van der Waals surface area contributed by atoms with Crippen molar-refractivity contribution in [1.82, 2.24) is 14.9 Å². The molecule has 0 unspecified atom stereocenters. The van der Waals surface area contributed by atoms with E-state index in [-0.39, 0.29) is 12.6 Å². The highest BCUT2D eigenvalue weighted by atomic mass is 32.2. The van der Waals surface area contributed by atoms with Crippen LogP contribution >= 0.6 is 0 Å². The van der Waals surface area contributed by atoms with Gasteiger partial charge in [0.05, 0.1) is 18.4 Å². The summed E-state index contributed by atoms with van der Waals surface area (Å²) in [7, 11) is -3.20. The summed E-state index contributed by atoms with van der Waals surface area (Å²) in [4.78, 5) is 0. The van der Waals surface area contributed by atoms with Gasteiger partial charge >= 0.3 is 6.01 Å². The quantitative estimate of drug-likeness (QED) is 0.666. The average molecular weight is 340 g/mol. The maximum absolute atomic E-state index is 11.0. The molecular formula is C14H20N4O4S. The molecule has 126 valence electrons. The Kier molecular flexibility index (Phi) is 5.94. The minimum absolute atomic E-state index is 0.223. The van der Waals surface area contributed by atoms with Gasteiger partial charge in [0, 0.05) is 13.1 Å². The number of nitrogens with zero attached hydrogens (tertiary/aromatic N) is 2. The fourth-order valence-electron chi connectivity index (χ4n) is 1.79.